The van der Waals surface area contributed by atoms with Crippen molar-refractivity contribution >= 4 is 18.0 Å². The van der Waals surface area contributed by atoms with Gasteiger partial charge in [0.05, 0.1) is 20.3 Å². The molecular formula is C17H28N2O11. The lowest BCUT2D eigenvalue weighted by Crippen LogP contribution is -2.60. The molecule has 172 valence electrons. The summed E-state index contributed by atoms with van der Waals surface area (Å²) in [6.07, 6.45) is -7.40. The molecule has 1 saturated heterocycles. The summed E-state index contributed by atoms with van der Waals surface area (Å²) >= 11 is 0. The molecule has 1 aliphatic heterocycles. The molecule has 0 bridgehead atoms. The van der Waals surface area contributed by atoms with Crippen molar-refractivity contribution in [1.29, 1.82) is 0 Å². The molecule has 0 radical (unpaired) electrons. The zero-order chi connectivity index (χ0) is 22.8. The standard InChI is InChI=1S/C17H28N2O11/c1-4-5-28-17(26)19-9(14(24)18-8(2)15(25)27-3)7-29-16-13(23)12(22)11(21)10(6-20)30-16/h4,8-13,16,20-23H,1,5-7H2,2-3H3,(H,18,24)(H,19,26)/t8-,9-,10+,11-,12-,13+,16+/m0/s1. The van der Waals surface area contributed by atoms with Gasteiger partial charge >= 0.3 is 12.1 Å². The third-order valence-electron chi connectivity index (χ3n) is 4.13. The third kappa shape index (κ3) is 7.19. The Morgan fingerprint density at radius 3 is 2.40 bits per heavy atom. The minimum Gasteiger partial charge on any atom is -0.467 e. The molecule has 7 atom stereocenters. The largest absolute Gasteiger partial charge is 0.467 e. The van der Waals surface area contributed by atoms with E-state index in [4.69, 9.17) is 14.2 Å². The maximum Gasteiger partial charge on any atom is 0.408 e. The van der Waals surface area contributed by atoms with Crippen LogP contribution < -0.4 is 10.6 Å². The fraction of sp³-hybridized carbons (Fsp3) is 0.706. The van der Waals surface area contributed by atoms with Crippen molar-refractivity contribution in [3.05, 3.63) is 12.7 Å². The van der Waals surface area contributed by atoms with Gasteiger partial charge in [0, 0.05) is 0 Å². The molecule has 2 amide bonds. The van der Waals surface area contributed by atoms with E-state index in [0.717, 1.165) is 7.11 Å². The first-order chi connectivity index (χ1) is 14.2. The fourth-order valence-electron chi connectivity index (χ4n) is 2.45. The zero-order valence-corrected chi connectivity index (χ0v) is 16.6. The zero-order valence-electron chi connectivity index (χ0n) is 16.6. The number of esters is 1. The lowest BCUT2D eigenvalue weighted by Gasteiger charge is -2.39. The predicted octanol–water partition coefficient (Wildman–Crippen LogP) is -3.24. The molecule has 1 heterocycles. The van der Waals surface area contributed by atoms with Crippen molar-refractivity contribution in [1.82, 2.24) is 10.6 Å². The first kappa shape index (κ1) is 25.7. The van der Waals surface area contributed by atoms with Gasteiger partial charge in [0.2, 0.25) is 5.91 Å². The Morgan fingerprint density at radius 2 is 1.83 bits per heavy atom. The molecule has 1 rings (SSSR count). The Balaban J connectivity index is 2.83. The van der Waals surface area contributed by atoms with Gasteiger partial charge in [0.1, 0.15) is 43.1 Å². The van der Waals surface area contributed by atoms with Crippen LogP contribution in [0.15, 0.2) is 12.7 Å². The summed E-state index contributed by atoms with van der Waals surface area (Å²) in [5.41, 5.74) is 0. The van der Waals surface area contributed by atoms with Crippen molar-refractivity contribution in [2.75, 3.05) is 26.9 Å². The highest BCUT2D eigenvalue weighted by Crippen LogP contribution is 2.22. The van der Waals surface area contributed by atoms with Crippen LogP contribution in [-0.4, -0.2) is 108 Å². The van der Waals surface area contributed by atoms with Gasteiger partial charge in [-0.1, -0.05) is 12.7 Å². The van der Waals surface area contributed by atoms with E-state index in [1.165, 1.54) is 13.0 Å². The number of hydrogen-bond donors (Lipinski definition) is 6. The van der Waals surface area contributed by atoms with Crippen molar-refractivity contribution in [3.63, 3.8) is 0 Å². The molecule has 0 spiro atoms. The van der Waals surface area contributed by atoms with E-state index in [2.05, 4.69) is 21.9 Å². The Labute approximate surface area is 172 Å². The van der Waals surface area contributed by atoms with Crippen LogP contribution in [-0.2, 0) is 28.5 Å². The maximum atomic E-state index is 12.5. The number of alkyl carbamates (subject to hydrolysis) is 1. The topological polar surface area (TPSA) is 193 Å². The van der Waals surface area contributed by atoms with Gasteiger partial charge < -0.3 is 50.0 Å². The minimum atomic E-state index is -1.70. The summed E-state index contributed by atoms with van der Waals surface area (Å²) in [6, 6.07) is -2.44. The lowest BCUT2D eigenvalue weighted by atomic mass is 9.99. The molecule has 0 aromatic carbocycles. The molecule has 0 aromatic heterocycles. The van der Waals surface area contributed by atoms with E-state index >= 15 is 0 Å². The number of rotatable bonds is 10. The van der Waals surface area contributed by atoms with Crippen molar-refractivity contribution in [3.8, 4) is 0 Å². The molecular weight excluding hydrogens is 408 g/mol. The fourth-order valence-corrected chi connectivity index (χ4v) is 2.45. The van der Waals surface area contributed by atoms with Crippen molar-refractivity contribution in [2.45, 2.75) is 49.7 Å². The molecule has 0 aromatic rings. The SMILES string of the molecule is C=CCOC(=O)N[C@@H](CO[C@@H]1O[C@H](CO)[C@H](O)[C@H](O)[C@H]1O)C(=O)N[C@@H](C)C(=O)OC. The number of hydrogen-bond acceptors (Lipinski definition) is 11. The summed E-state index contributed by atoms with van der Waals surface area (Å²) in [5, 5.41) is 43.3. The lowest BCUT2D eigenvalue weighted by molar-refractivity contribution is -0.301. The van der Waals surface area contributed by atoms with Crippen LogP contribution >= 0.6 is 0 Å². The van der Waals surface area contributed by atoms with Crippen molar-refractivity contribution in [2.24, 2.45) is 0 Å². The number of methoxy groups -OCH3 is 1. The van der Waals surface area contributed by atoms with Crippen LogP contribution in [0.25, 0.3) is 0 Å². The van der Waals surface area contributed by atoms with Crippen LogP contribution in [0.2, 0.25) is 0 Å². The number of ether oxygens (including phenoxy) is 4. The van der Waals surface area contributed by atoms with Gasteiger partial charge in [-0.15, -0.1) is 0 Å². The van der Waals surface area contributed by atoms with Gasteiger partial charge in [0.25, 0.3) is 0 Å². The monoisotopic (exact) mass is 436 g/mol. The highest BCUT2D eigenvalue weighted by molar-refractivity contribution is 5.89. The summed E-state index contributed by atoms with van der Waals surface area (Å²) in [7, 11) is 1.13. The molecule has 0 unspecified atom stereocenters. The summed E-state index contributed by atoms with van der Waals surface area (Å²) in [6.45, 7) is 3.36. The Bertz CT molecular complexity index is 600. The van der Waals surface area contributed by atoms with Gasteiger partial charge in [-0.3, -0.25) is 4.79 Å². The average molecular weight is 436 g/mol. The number of aliphatic hydroxyl groups excluding tert-OH is 4. The average Bonchev–Trinajstić information content (AvgIpc) is 2.73. The molecule has 1 aliphatic rings. The molecule has 0 saturated carbocycles. The predicted molar refractivity (Wildman–Crippen MR) is 97.8 cm³/mol. The van der Waals surface area contributed by atoms with E-state index in [1.54, 1.807) is 0 Å². The van der Waals surface area contributed by atoms with E-state index in [-0.39, 0.29) is 6.61 Å². The van der Waals surface area contributed by atoms with E-state index in [9.17, 15) is 34.8 Å². The van der Waals surface area contributed by atoms with Crippen LogP contribution in [0.3, 0.4) is 0 Å². The van der Waals surface area contributed by atoms with Gasteiger partial charge in [-0.05, 0) is 6.92 Å². The second kappa shape index (κ2) is 12.4. The van der Waals surface area contributed by atoms with Gasteiger partial charge in [0.15, 0.2) is 6.29 Å². The second-order valence-corrected chi connectivity index (χ2v) is 6.37. The van der Waals surface area contributed by atoms with Crippen LogP contribution in [0.1, 0.15) is 6.92 Å². The van der Waals surface area contributed by atoms with Gasteiger partial charge in [-0.25, -0.2) is 9.59 Å². The quantitative estimate of drug-likeness (QED) is 0.149. The summed E-state index contributed by atoms with van der Waals surface area (Å²) in [5.74, 6) is -1.57. The van der Waals surface area contributed by atoms with Crippen molar-refractivity contribution < 1.29 is 53.8 Å². The minimum absolute atomic E-state index is 0.133. The van der Waals surface area contributed by atoms with Crippen LogP contribution in [0.4, 0.5) is 4.79 Å². The number of nitrogens with one attached hydrogen (secondary N) is 2. The van der Waals surface area contributed by atoms with Crippen LogP contribution in [0.5, 0.6) is 0 Å². The summed E-state index contributed by atoms with van der Waals surface area (Å²) < 4.78 is 19.7. The molecule has 30 heavy (non-hydrogen) atoms. The molecule has 13 nitrogen and oxygen atoms in total. The van der Waals surface area contributed by atoms with Gasteiger partial charge in [-0.2, -0.15) is 0 Å². The number of carbonyl (C=O) groups excluding carboxylic acids is 3. The first-order valence-corrected chi connectivity index (χ1v) is 9.00. The smallest absolute Gasteiger partial charge is 0.408 e. The number of carbonyl (C=O) groups is 3. The summed E-state index contributed by atoms with van der Waals surface area (Å²) in [4.78, 5) is 35.8. The second-order valence-electron chi connectivity index (χ2n) is 6.37. The highest BCUT2D eigenvalue weighted by Gasteiger charge is 2.44. The molecule has 1 fully saturated rings. The maximum absolute atomic E-state index is 12.5. The van der Waals surface area contributed by atoms with E-state index < -0.39 is 74.0 Å². The van der Waals surface area contributed by atoms with E-state index in [0.29, 0.717) is 0 Å². The van der Waals surface area contributed by atoms with Crippen LogP contribution in [0, 0.1) is 0 Å². The third-order valence-corrected chi connectivity index (χ3v) is 4.13. The molecule has 0 aliphatic carbocycles. The first-order valence-electron chi connectivity index (χ1n) is 9.00. The van der Waals surface area contributed by atoms with E-state index in [1.807, 2.05) is 0 Å². The molecule has 6 N–H and O–H groups in total. The normalized spacial score (nSPS) is 28.0. The Kier molecular flexibility index (Phi) is 10.7. The number of amides is 2. The Morgan fingerprint density at radius 1 is 1.17 bits per heavy atom. The Hall–Kier alpha value is -2.29. The number of aliphatic hydroxyl groups is 4. The highest BCUT2D eigenvalue weighted by atomic mass is 16.7. The molecule has 13 heteroatoms.